The van der Waals surface area contributed by atoms with Gasteiger partial charge in [-0.05, 0) is 20.8 Å². The molecule has 0 amide bonds. The zero-order chi connectivity index (χ0) is 7.33. The molecule has 0 saturated heterocycles. The second-order valence-corrected chi connectivity index (χ2v) is 2.60. The third kappa shape index (κ3) is 7.43. The van der Waals surface area contributed by atoms with Crippen LogP contribution in [0.4, 0.5) is 0 Å². The minimum Gasteiger partial charge on any atom is -0.430 e. The molecule has 0 bridgehead atoms. The molecule has 0 aromatic carbocycles. The lowest BCUT2D eigenvalue weighted by Gasteiger charge is -2.17. The summed E-state index contributed by atoms with van der Waals surface area (Å²) in [5.74, 6) is 0. The van der Waals surface area contributed by atoms with Gasteiger partial charge in [0.2, 0.25) is 0 Å². The largest absolute Gasteiger partial charge is 0.430 e. The Morgan fingerprint density at radius 3 is 2.33 bits per heavy atom. The van der Waals surface area contributed by atoms with E-state index in [4.69, 9.17) is 4.74 Å². The lowest BCUT2D eigenvalue weighted by Crippen LogP contribution is -2.20. The molecule has 1 radical (unpaired) electrons. The third-order valence-corrected chi connectivity index (χ3v) is 0.610. The molecular weight excluding hydrogens is 120 g/mol. The predicted octanol–water partition coefficient (Wildman–Crippen LogP) is 0.843. The molecule has 9 heavy (non-hydrogen) atoms. The molecule has 0 fully saturated rings. The van der Waals surface area contributed by atoms with Crippen molar-refractivity contribution < 1.29 is 14.3 Å². The molecule has 0 aliphatic rings. The van der Waals surface area contributed by atoms with Crippen LogP contribution in [0.1, 0.15) is 20.8 Å². The average Bonchev–Trinajstić information content (AvgIpc) is 1.63. The highest BCUT2D eigenvalue weighted by Gasteiger charge is 2.08. The molecule has 3 heteroatoms. The van der Waals surface area contributed by atoms with Crippen molar-refractivity contribution in [2.75, 3.05) is 6.79 Å². The maximum absolute atomic E-state index is 9.46. The maximum Gasteiger partial charge on any atom is 0.419 e. The second kappa shape index (κ2) is 3.45. The summed E-state index contributed by atoms with van der Waals surface area (Å²) in [5, 5.41) is 0. The monoisotopic (exact) mass is 131 g/mol. The van der Waals surface area contributed by atoms with Crippen LogP contribution in [0.2, 0.25) is 0 Å². The van der Waals surface area contributed by atoms with Gasteiger partial charge < -0.3 is 9.47 Å². The zero-order valence-electron chi connectivity index (χ0n) is 5.93. The number of carbonyl (C=O) groups excluding carboxylic acids is 1. The van der Waals surface area contributed by atoms with E-state index in [1.165, 1.54) is 6.47 Å². The lowest BCUT2D eigenvalue weighted by molar-refractivity contribution is -0.0816. The van der Waals surface area contributed by atoms with E-state index in [1.54, 1.807) is 0 Å². The summed E-state index contributed by atoms with van der Waals surface area (Å²) < 4.78 is 9.17. The molecule has 0 spiro atoms. The first-order chi connectivity index (χ1) is 4.06. The van der Waals surface area contributed by atoms with Gasteiger partial charge in [0.25, 0.3) is 0 Å². The van der Waals surface area contributed by atoms with E-state index in [2.05, 4.69) is 4.74 Å². The highest BCUT2D eigenvalue weighted by molar-refractivity contribution is 5.37. The Hall–Kier alpha value is -0.570. The van der Waals surface area contributed by atoms with Crippen molar-refractivity contribution in [2.24, 2.45) is 0 Å². The molecule has 0 aliphatic carbocycles. The average molecular weight is 131 g/mol. The summed E-state index contributed by atoms with van der Waals surface area (Å²) in [7, 11) is 0. The molecule has 0 aromatic rings. The fourth-order valence-electron chi connectivity index (χ4n) is 0.230. The van der Waals surface area contributed by atoms with Crippen LogP contribution in [0, 0.1) is 0 Å². The predicted molar refractivity (Wildman–Crippen MR) is 32.5 cm³/mol. The molecule has 0 aromatic heterocycles. The molecule has 0 saturated carbocycles. The van der Waals surface area contributed by atoms with Crippen molar-refractivity contribution >= 4 is 6.47 Å². The Balaban J connectivity index is 3.17. The van der Waals surface area contributed by atoms with Crippen molar-refractivity contribution in [2.45, 2.75) is 26.4 Å². The van der Waals surface area contributed by atoms with Crippen LogP contribution in [0.15, 0.2) is 0 Å². The second-order valence-electron chi connectivity index (χ2n) is 2.60. The normalized spacial score (nSPS) is 11.0. The molecule has 0 atom stereocenters. The van der Waals surface area contributed by atoms with Crippen LogP contribution in [-0.2, 0) is 14.3 Å². The van der Waals surface area contributed by atoms with Gasteiger partial charge in [-0.2, -0.15) is 0 Å². The lowest BCUT2D eigenvalue weighted by atomic mass is 10.2. The fourth-order valence-corrected chi connectivity index (χ4v) is 0.230. The highest BCUT2D eigenvalue weighted by Crippen LogP contribution is 2.05. The van der Waals surface area contributed by atoms with Crippen molar-refractivity contribution in [3.05, 3.63) is 0 Å². The van der Waals surface area contributed by atoms with Crippen LogP contribution in [-0.4, -0.2) is 18.9 Å². The first-order valence-electron chi connectivity index (χ1n) is 2.69. The molecule has 53 valence electrons. The van der Waals surface area contributed by atoms with Crippen LogP contribution < -0.4 is 0 Å². The number of hydrogen-bond acceptors (Lipinski definition) is 3. The maximum atomic E-state index is 9.46. The van der Waals surface area contributed by atoms with Crippen molar-refractivity contribution in [3.8, 4) is 0 Å². The van der Waals surface area contributed by atoms with Crippen molar-refractivity contribution in [1.82, 2.24) is 0 Å². The quantitative estimate of drug-likeness (QED) is 0.420. The standard InChI is InChI=1S/C6H11O3/c1-6(2,3)9-5-8-4-7/h5H2,1-3H3. The van der Waals surface area contributed by atoms with Gasteiger partial charge in [0, 0.05) is 0 Å². The van der Waals surface area contributed by atoms with Crippen molar-refractivity contribution in [1.29, 1.82) is 0 Å². The number of hydrogen-bond donors (Lipinski definition) is 0. The van der Waals surface area contributed by atoms with E-state index in [0.29, 0.717) is 0 Å². The minimum atomic E-state index is -0.253. The van der Waals surface area contributed by atoms with E-state index in [9.17, 15) is 4.79 Å². The first kappa shape index (κ1) is 8.43. The molecule has 0 unspecified atom stereocenters. The Bertz CT molecular complexity index is 82.8. The molecule has 0 heterocycles. The summed E-state index contributed by atoms with van der Waals surface area (Å²) in [6, 6.07) is 0. The van der Waals surface area contributed by atoms with Gasteiger partial charge in [0.15, 0.2) is 6.79 Å². The summed E-state index contributed by atoms with van der Waals surface area (Å²) in [4.78, 5) is 9.46. The molecule has 0 N–H and O–H groups in total. The van der Waals surface area contributed by atoms with Gasteiger partial charge in [-0.25, -0.2) is 4.79 Å². The van der Waals surface area contributed by atoms with Gasteiger partial charge >= 0.3 is 6.47 Å². The van der Waals surface area contributed by atoms with Crippen molar-refractivity contribution in [3.63, 3.8) is 0 Å². The molecule has 0 aliphatic heterocycles. The third-order valence-electron chi connectivity index (χ3n) is 0.610. The van der Waals surface area contributed by atoms with Crippen LogP contribution >= 0.6 is 0 Å². The van der Waals surface area contributed by atoms with Gasteiger partial charge in [0.05, 0.1) is 5.60 Å². The van der Waals surface area contributed by atoms with Gasteiger partial charge in [-0.15, -0.1) is 0 Å². The summed E-state index contributed by atoms with van der Waals surface area (Å²) in [6.07, 6.45) is 0. The Morgan fingerprint density at radius 2 is 2.00 bits per heavy atom. The van der Waals surface area contributed by atoms with Crippen LogP contribution in [0.5, 0.6) is 0 Å². The number of rotatable bonds is 3. The van der Waals surface area contributed by atoms with Gasteiger partial charge in [0.1, 0.15) is 0 Å². The van der Waals surface area contributed by atoms with E-state index in [1.807, 2.05) is 20.8 Å². The van der Waals surface area contributed by atoms with Gasteiger partial charge in [-0.3, -0.25) is 0 Å². The molecular formula is C6H11O3. The van der Waals surface area contributed by atoms with E-state index in [-0.39, 0.29) is 12.4 Å². The van der Waals surface area contributed by atoms with Crippen LogP contribution in [0.25, 0.3) is 0 Å². The van der Waals surface area contributed by atoms with E-state index >= 15 is 0 Å². The Labute approximate surface area is 55.0 Å². The summed E-state index contributed by atoms with van der Waals surface area (Å²) in [5.41, 5.74) is -0.253. The number of ether oxygens (including phenoxy) is 2. The SMILES string of the molecule is CC(C)(C)OCO[C]=O. The van der Waals surface area contributed by atoms with E-state index in [0.717, 1.165) is 0 Å². The van der Waals surface area contributed by atoms with Crippen LogP contribution in [0.3, 0.4) is 0 Å². The molecule has 0 rings (SSSR count). The topological polar surface area (TPSA) is 35.5 Å². The first-order valence-corrected chi connectivity index (χ1v) is 2.69. The van der Waals surface area contributed by atoms with Gasteiger partial charge in [-0.1, -0.05) is 0 Å². The summed E-state index contributed by atoms with van der Waals surface area (Å²) >= 11 is 0. The zero-order valence-corrected chi connectivity index (χ0v) is 5.93. The summed E-state index contributed by atoms with van der Waals surface area (Å²) in [6.45, 7) is 6.87. The molecule has 3 nitrogen and oxygen atoms in total. The Morgan fingerprint density at radius 1 is 1.44 bits per heavy atom. The smallest absolute Gasteiger partial charge is 0.419 e. The minimum absolute atomic E-state index is 0.0208. The van der Waals surface area contributed by atoms with E-state index < -0.39 is 0 Å². The highest BCUT2D eigenvalue weighted by atomic mass is 16.7. The fraction of sp³-hybridized carbons (Fsp3) is 0.833. The Kier molecular flexibility index (Phi) is 3.24.